The summed E-state index contributed by atoms with van der Waals surface area (Å²) in [6.07, 6.45) is 6.65. The van der Waals surface area contributed by atoms with Crippen molar-refractivity contribution in [2.24, 2.45) is 5.92 Å². The van der Waals surface area contributed by atoms with Gasteiger partial charge in [-0.1, -0.05) is 6.42 Å². The van der Waals surface area contributed by atoms with Gasteiger partial charge >= 0.3 is 5.97 Å². The lowest BCUT2D eigenvalue weighted by Gasteiger charge is -2.44. The Morgan fingerprint density at radius 2 is 2.00 bits per heavy atom. The zero-order valence-electron chi connectivity index (χ0n) is 10.1. The Morgan fingerprint density at radius 3 is 2.76 bits per heavy atom. The second-order valence-corrected chi connectivity index (χ2v) is 5.94. The first-order valence-corrected chi connectivity index (χ1v) is 7.46. The number of hydrogen-bond donors (Lipinski definition) is 1. The first-order chi connectivity index (χ1) is 7.77. The van der Waals surface area contributed by atoms with Gasteiger partial charge in [0.05, 0.1) is 5.75 Å². The maximum atomic E-state index is 10.5. The Labute approximate surface area is 114 Å². The van der Waals surface area contributed by atoms with Gasteiger partial charge in [-0.3, -0.25) is 4.79 Å². The summed E-state index contributed by atoms with van der Waals surface area (Å²) in [6.45, 7) is 2.54. The first kappa shape index (κ1) is 15.1. The second kappa shape index (κ2) is 7.49. The Bertz CT molecular complexity index is 251. The van der Waals surface area contributed by atoms with Crippen LogP contribution in [0.1, 0.15) is 32.1 Å². The van der Waals surface area contributed by atoms with Crippen molar-refractivity contribution in [2.45, 2.75) is 38.1 Å². The van der Waals surface area contributed by atoms with Crippen molar-refractivity contribution in [1.29, 1.82) is 0 Å². The van der Waals surface area contributed by atoms with E-state index in [0.717, 1.165) is 17.7 Å². The molecule has 5 heteroatoms. The molecule has 2 unspecified atom stereocenters. The van der Waals surface area contributed by atoms with E-state index in [2.05, 4.69) is 4.90 Å². The number of carboxylic acid groups (broad SMARTS) is 1. The van der Waals surface area contributed by atoms with Gasteiger partial charge in [0.2, 0.25) is 0 Å². The average Bonchev–Trinajstić information content (AvgIpc) is 2.29. The standard InChI is InChI=1S/C12H21NO2S.ClH/c14-12(15)9-16-8-10-4-3-7-13-6-2-1-5-11(10)13;/h10-11H,1-9H2,(H,14,15);1H. The van der Waals surface area contributed by atoms with Gasteiger partial charge in [0, 0.05) is 6.04 Å². The average molecular weight is 280 g/mol. The van der Waals surface area contributed by atoms with Gasteiger partial charge < -0.3 is 10.0 Å². The number of carboxylic acids is 1. The molecule has 1 N–H and O–H groups in total. The lowest BCUT2D eigenvalue weighted by molar-refractivity contribution is -0.133. The van der Waals surface area contributed by atoms with Gasteiger partial charge in [0.15, 0.2) is 0 Å². The van der Waals surface area contributed by atoms with E-state index in [9.17, 15) is 4.79 Å². The fourth-order valence-corrected chi connectivity index (χ4v) is 4.05. The van der Waals surface area contributed by atoms with Crippen molar-refractivity contribution in [2.75, 3.05) is 24.6 Å². The molecule has 0 bridgehead atoms. The minimum absolute atomic E-state index is 0. The van der Waals surface area contributed by atoms with Crippen LogP contribution in [0.4, 0.5) is 0 Å². The van der Waals surface area contributed by atoms with Crippen LogP contribution in [0.15, 0.2) is 0 Å². The number of piperidine rings is 2. The molecule has 2 rings (SSSR count). The summed E-state index contributed by atoms with van der Waals surface area (Å²) in [5.41, 5.74) is 0. The highest BCUT2D eigenvalue weighted by atomic mass is 35.5. The van der Waals surface area contributed by atoms with Crippen LogP contribution in [0.25, 0.3) is 0 Å². The number of rotatable bonds is 4. The van der Waals surface area contributed by atoms with Crippen LogP contribution in [0.3, 0.4) is 0 Å². The van der Waals surface area contributed by atoms with Crippen LogP contribution in [0.5, 0.6) is 0 Å². The number of halogens is 1. The molecule has 2 atom stereocenters. The van der Waals surface area contributed by atoms with Crippen LogP contribution < -0.4 is 0 Å². The van der Waals surface area contributed by atoms with Crippen molar-refractivity contribution in [3.63, 3.8) is 0 Å². The molecule has 0 aliphatic carbocycles. The summed E-state index contributed by atoms with van der Waals surface area (Å²) in [6, 6.07) is 0.754. The van der Waals surface area contributed by atoms with Gasteiger partial charge in [-0.15, -0.1) is 24.2 Å². The maximum absolute atomic E-state index is 10.5. The number of fused-ring (bicyclic) bond motifs is 1. The van der Waals surface area contributed by atoms with E-state index in [-0.39, 0.29) is 18.2 Å². The third-order valence-corrected chi connectivity index (χ3v) is 4.90. The van der Waals surface area contributed by atoms with E-state index in [0.29, 0.717) is 0 Å². The molecule has 0 spiro atoms. The molecule has 2 aliphatic rings. The van der Waals surface area contributed by atoms with E-state index in [1.54, 1.807) is 11.8 Å². The fourth-order valence-electron chi connectivity index (χ4n) is 3.07. The predicted octanol–water partition coefficient (Wildman–Crippen LogP) is 2.49. The monoisotopic (exact) mass is 279 g/mol. The van der Waals surface area contributed by atoms with Crippen LogP contribution in [0, 0.1) is 5.92 Å². The molecule has 2 saturated heterocycles. The summed E-state index contributed by atoms with van der Waals surface area (Å²) >= 11 is 1.60. The molecule has 2 aliphatic heterocycles. The molecule has 0 radical (unpaired) electrons. The number of aliphatic carboxylic acids is 1. The molecular weight excluding hydrogens is 258 g/mol. The van der Waals surface area contributed by atoms with E-state index in [1.165, 1.54) is 45.2 Å². The predicted molar refractivity (Wildman–Crippen MR) is 74.1 cm³/mol. The number of thioether (sulfide) groups is 1. The highest BCUT2D eigenvalue weighted by molar-refractivity contribution is 7.99. The largest absolute Gasteiger partial charge is 0.481 e. The number of nitrogens with zero attached hydrogens (tertiary/aromatic N) is 1. The molecule has 17 heavy (non-hydrogen) atoms. The van der Waals surface area contributed by atoms with Crippen molar-refractivity contribution in [3.8, 4) is 0 Å². The van der Waals surface area contributed by atoms with Crippen molar-refractivity contribution >= 4 is 30.1 Å². The molecule has 0 aromatic carbocycles. The number of hydrogen-bond acceptors (Lipinski definition) is 3. The Morgan fingerprint density at radius 1 is 1.24 bits per heavy atom. The normalized spacial score (nSPS) is 29.2. The van der Waals surface area contributed by atoms with Gasteiger partial charge in [-0.05, 0) is 50.4 Å². The molecule has 2 fully saturated rings. The quantitative estimate of drug-likeness (QED) is 0.858. The zero-order valence-corrected chi connectivity index (χ0v) is 11.8. The third-order valence-electron chi connectivity index (χ3n) is 3.79. The molecule has 0 aromatic heterocycles. The first-order valence-electron chi connectivity index (χ1n) is 6.31. The molecule has 0 aromatic rings. The highest BCUT2D eigenvalue weighted by Crippen LogP contribution is 2.32. The smallest absolute Gasteiger partial charge is 0.313 e. The SMILES string of the molecule is Cl.O=C(O)CSCC1CCCN2CCCCC12. The van der Waals surface area contributed by atoms with E-state index in [4.69, 9.17) is 5.11 Å². The lowest BCUT2D eigenvalue weighted by atomic mass is 9.85. The molecule has 0 amide bonds. The zero-order chi connectivity index (χ0) is 11.4. The highest BCUT2D eigenvalue weighted by Gasteiger charge is 2.32. The summed E-state index contributed by atoms with van der Waals surface area (Å²) in [7, 11) is 0. The van der Waals surface area contributed by atoms with E-state index >= 15 is 0 Å². The lowest BCUT2D eigenvalue weighted by Crippen LogP contribution is -2.48. The summed E-state index contributed by atoms with van der Waals surface area (Å²) in [5, 5.41) is 8.64. The van der Waals surface area contributed by atoms with E-state index < -0.39 is 5.97 Å². The van der Waals surface area contributed by atoms with Crippen molar-refractivity contribution in [3.05, 3.63) is 0 Å². The van der Waals surface area contributed by atoms with Crippen LogP contribution in [-0.2, 0) is 4.79 Å². The Hall–Kier alpha value is 0.0700. The fraction of sp³-hybridized carbons (Fsp3) is 0.917. The van der Waals surface area contributed by atoms with Gasteiger partial charge in [-0.25, -0.2) is 0 Å². The van der Waals surface area contributed by atoms with Crippen molar-refractivity contribution in [1.82, 2.24) is 4.90 Å². The van der Waals surface area contributed by atoms with Gasteiger partial charge in [-0.2, -0.15) is 0 Å². The molecule has 2 heterocycles. The van der Waals surface area contributed by atoms with Gasteiger partial charge in [0.25, 0.3) is 0 Å². The summed E-state index contributed by atoms with van der Waals surface area (Å²) in [5.74, 6) is 1.36. The van der Waals surface area contributed by atoms with Gasteiger partial charge in [0.1, 0.15) is 0 Å². The summed E-state index contributed by atoms with van der Waals surface area (Å²) in [4.78, 5) is 13.1. The molecular formula is C12H22ClNO2S. The van der Waals surface area contributed by atoms with Crippen LogP contribution in [-0.4, -0.2) is 46.6 Å². The molecule has 0 saturated carbocycles. The molecule has 3 nitrogen and oxygen atoms in total. The second-order valence-electron chi connectivity index (χ2n) is 4.91. The number of carbonyl (C=O) groups is 1. The minimum atomic E-state index is -0.679. The molecule has 100 valence electrons. The Kier molecular flexibility index (Phi) is 6.67. The van der Waals surface area contributed by atoms with E-state index in [1.807, 2.05) is 0 Å². The van der Waals surface area contributed by atoms with Crippen LogP contribution in [0.2, 0.25) is 0 Å². The van der Waals surface area contributed by atoms with Crippen molar-refractivity contribution < 1.29 is 9.90 Å². The minimum Gasteiger partial charge on any atom is -0.481 e. The maximum Gasteiger partial charge on any atom is 0.313 e. The topological polar surface area (TPSA) is 40.5 Å². The Balaban J connectivity index is 0.00000144. The summed E-state index contributed by atoms with van der Waals surface area (Å²) < 4.78 is 0. The third kappa shape index (κ3) is 4.34. The van der Waals surface area contributed by atoms with Crippen LogP contribution >= 0.6 is 24.2 Å².